The van der Waals surface area contributed by atoms with Crippen molar-refractivity contribution in [2.75, 3.05) is 0 Å². The number of ether oxygens (including phenoxy) is 1. The average Bonchev–Trinajstić information content (AvgIpc) is 2.32. The number of aromatic nitrogens is 1. The van der Waals surface area contributed by atoms with Gasteiger partial charge in [-0.2, -0.15) is 0 Å². The molecule has 19 heavy (non-hydrogen) atoms. The first-order valence-electron chi connectivity index (χ1n) is 5.37. The molecule has 0 atom stereocenters. The van der Waals surface area contributed by atoms with Crippen LogP contribution in [0.2, 0.25) is 0 Å². The molecule has 6 heteroatoms. The summed E-state index contributed by atoms with van der Waals surface area (Å²) in [5.41, 5.74) is 1.47. The van der Waals surface area contributed by atoms with Gasteiger partial charge in [0.25, 0.3) is 0 Å². The van der Waals surface area contributed by atoms with E-state index in [1.165, 1.54) is 30.5 Å². The summed E-state index contributed by atoms with van der Waals surface area (Å²) in [7, 11) is 0. The molecule has 2 aromatic rings. The number of hydrogen-bond donors (Lipinski definition) is 1. The second-order valence-corrected chi connectivity index (χ2v) is 3.90. The minimum atomic E-state index is -4.72. The van der Waals surface area contributed by atoms with Crippen LogP contribution in [0.15, 0.2) is 36.5 Å². The van der Waals surface area contributed by atoms with E-state index < -0.39 is 6.36 Å². The maximum Gasteiger partial charge on any atom is 0.573 e. The fraction of sp³-hybridized carbons (Fsp3) is 0.154. The topological polar surface area (TPSA) is 42.4 Å². The summed E-state index contributed by atoms with van der Waals surface area (Å²) in [6.07, 6.45) is -3.20. The highest BCUT2D eigenvalue weighted by Crippen LogP contribution is 2.31. The number of alkyl halides is 3. The Morgan fingerprint density at radius 1 is 1.11 bits per heavy atom. The maximum atomic E-state index is 12.0. The smallest absolute Gasteiger partial charge is 0.505 e. The molecule has 2 rings (SSSR count). The zero-order valence-corrected chi connectivity index (χ0v) is 9.90. The normalized spacial score (nSPS) is 11.4. The summed E-state index contributed by atoms with van der Waals surface area (Å²) in [4.78, 5) is 4.00. The highest BCUT2D eigenvalue weighted by Gasteiger charge is 2.31. The molecule has 0 saturated heterocycles. The third-order valence-electron chi connectivity index (χ3n) is 2.49. The minimum Gasteiger partial charge on any atom is -0.505 e. The Morgan fingerprint density at radius 2 is 1.74 bits per heavy atom. The van der Waals surface area contributed by atoms with Crippen LogP contribution in [-0.4, -0.2) is 16.5 Å². The molecule has 0 radical (unpaired) electrons. The van der Waals surface area contributed by atoms with Crippen molar-refractivity contribution >= 4 is 0 Å². The predicted octanol–water partition coefficient (Wildman–Crippen LogP) is 3.66. The molecule has 1 aromatic heterocycles. The van der Waals surface area contributed by atoms with Crippen LogP contribution in [0.4, 0.5) is 13.2 Å². The Morgan fingerprint density at radius 3 is 2.32 bits per heavy atom. The molecule has 0 aliphatic heterocycles. The van der Waals surface area contributed by atoms with Crippen molar-refractivity contribution in [2.24, 2.45) is 0 Å². The predicted molar refractivity (Wildman–Crippen MR) is 62.8 cm³/mol. The Hall–Kier alpha value is -2.24. The van der Waals surface area contributed by atoms with E-state index in [0.29, 0.717) is 16.8 Å². The quantitative estimate of drug-likeness (QED) is 0.904. The third-order valence-corrected chi connectivity index (χ3v) is 2.49. The zero-order valence-electron chi connectivity index (χ0n) is 9.90. The van der Waals surface area contributed by atoms with Gasteiger partial charge in [0, 0.05) is 11.8 Å². The number of nitrogens with zero attached hydrogens (tertiary/aromatic N) is 1. The van der Waals surface area contributed by atoms with Crippen LogP contribution in [0.5, 0.6) is 11.5 Å². The van der Waals surface area contributed by atoms with Gasteiger partial charge in [0.1, 0.15) is 17.2 Å². The summed E-state index contributed by atoms with van der Waals surface area (Å²) >= 11 is 0. The Labute approximate surface area is 107 Å². The number of halogens is 3. The second kappa shape index (κ2) is 4.79. The van der Waals surface area contributed by atoms with Crippen LogP contribution in [-0.2, 0) is 0 Å². The van der Waals surface area contributed by atoms with Crippen LogP contribution in [0, 0.1) is 6.92 Å². The summed E-state index contributed by atoms with van der Waals surface area (Å²) in [5, 5.41) is 9.83. The largest absolute Gasteiger partial charge is 0.573 e. The average molecular weight is 269 g/mol. The SMILES string of the molecule is Cc1ccnc(-c2ccc(OC(F)(F)F)cc2)c1O. The van der Waals surface area contributed by atoms with Gasteiger partial charge in [0.2, 0.25) is 0 Å². The molecule has 0 spiro atoms. The molecule has 100 valence electrons. The number of rotatable bonds is 2. The molecule has 1 N–H and O–H groups in total. The van der Waals surface area contributed by atoms with E-state index in [1.54, 1.807) is 13.0 Å². The summed E-state index contributed by atoms with van der Waals surface area (Å²) in [5.74, 6) is -0.310. The van der Waals surface area contributed by atoms with Crippen molar-refractivity contribution in [3.05, 3.63) is 42.1 Å². The Balaban J connectivity index is 2.30. The molecule has 0 fully saturated rings. The van der Waals surface area contributed by atoms with Crippen molar-refractivity contribution in [2.45, 2.75) is 13.3 Å². The first-order chi connectivity index (χ1) is 8.87. The van der Waals surface area contributed by atoms with Gasteiger partial charge < -0.3 is 9.84 Å². The molecule has 3 nitrogen and oxygen atoms in total. The van der Waals surface area contributed by atoms with Gasteiger partial charge in [-0.05, 0) is 42.8 Å². The number of hydrogen-bond acceptors (Lipinski definition) is 3. The second-order valence-electron chi connectivity index (χ2n) is 3.90. The maximum absolute atomic E-state index is 12.0. The van der Waals surface area contributed by atoms with Gasteiger partial charge in [-0.15, -0.1) is 13.2 Å². The van der Waals surface area contributed by atoms with E-state index in [0.717, 1.165) is 0 Å². The van der Waals surface area contributed by atoms with Crippen LogP contribution in [0.3, 0.4) is 0 Å². The fourth-order valence-corrected chi connectivity index (χ4v) is 1.58. The van der Waals surface area contributed by atoms with Gasteiger partial charge in [0.05, 0.1) is 0 Å². The highest BCUT2D eigenvalue weighted by molar-refractivity contribution is 5.67. The van der Waals surface area contributed by atoms with E-state index in [1.807, 2.05) is 0 Å². The van der Waals surface area contributed by atoms with Crippen molar-refractivity contribution < 1.29 is 23.0 Å². The monoisotopic (exact) mass is 269 g/mol. The molecular formula is C13H10F3NO2. The van der Waals surface area contributed by atoms with Crippen molar-refractivity contribution in [1.82, 2.24) is 4.98 Å². The lowest BCUT2D eigenvalue weighted by atomic mass is 10.1. The minimum absolute atomic E-state index is 0.00647. The molecule has 0 aliphatic rings. The van der Waals surface area contributed by atoms with Gasteiger partial charge in [-0.25, -0.2) is 0 Å². The number of pyridine rings is 1. The third kappa shape index (κ3) is 3.15. The van der Waals surface area contributed by atoms with Gasteiger partial charge >= 0.3 is 6.36 Å². The van der Waals surface area contributed by atoms with Gasteiger partial charge in [0.15, 0.2) is 0 Å². The zero-order chi connectivity index (χ0) is 14.0. The van der Waals surface area contributed by atoms with E-state index in [4.69, 9.17) is 0 Å². The first-order valence-corrected chi connectivity index (χ1v) is 5.37. The molecular weight excluding hydrogens is 259 g/mol. The van der Waals surface area contributed by atoms with E-state index in [-0.39, 0.29) is 11.5 Å². The standard InChI is InChI=1S/C13H10F3NO2/c1-8-6-7-17-11(12(8)18)9-2-4-10(5-3-9)19-13(14,15)16/h2-7,18H,1H3. The lowest BCUT2D eigenvalue weighted by Crippen LogP contribution is -2.16. The van der Waals surface area contributed by atoms with Crippen LogP contribution in [0.25, 0.3) is 11.3 Å². The Kier molecular flexibility index (Phi) is 3.33. The van der Waals surface area contributed by atoms with Crippen molar-refractivity contribution in [3.8, 4) is 22.8 Å². The lowest BCUT2D eigenvalue weighted by molar-refractivity contribution is -0.274. The lowest BCUT2D eigenvalue weighted by Gasteiger charge is -2.10. The molecule has 1 heterocycles. The molecule has 0 aliphatic carbocycles. The molecule has 0 saturated carbocycles. The van der Waals surface area contributed by atoms with Crippen molar-refractivity contribution in [1.29, 1.82) is 0 Å². The highest BCUT2D eigenvalue weighted by atomic mass is 19.4. The van der Waals surface area contributed by atoms with Crippen LogP contribution < -0.4 is 4.74 Å². The Bertz CT molecular complexity index is 579. The van der Waals surface area contributed by atoms with Crippen LogP contribution in [0.1, 0.15) is 5.56 Å². The van der Waals surface area contributed by atoms with E-state index in [2.05, 4.69) is 9.72 Å². The summed E-state index contributed by atoms with van der Waals surface area (Å²) in [6, 6.07) is 6.80. The fourth-order valence-electron chi connectivity index (χ4n) is 1.58. The van der Waals surface area contributed by atoms with E-state index >= 15 is 0 Å². The van der Waals surface area contributed by atoms with Gasteiger partial charge in [-0.3, -0.25) is 4.98 Å². The summed E-state index contributed by atoms with van der Waals surface area (Å²) in [6.45, 7) is 1.71. The van der Waals surface area contributed by atoms with Crippen LogP contribution >= 0.6 is 0 Å². The first kappa shape index (κ1) is 13.2. The van der Waals surface area contributed by atoms with E-state index in [9.17, 15) is 18.3 Å². The molecule has 1 aromatic carbocycles. The number of aromatic hydroxyl groups is 1. The number of benzene rings is 1. The molecule has 0 unspecified atom stereocenters. The van der Waals surface area contributed by atoms with Gasteiger partial charge in [-0.1, -0.05) is 0 Å². The summed E-state index contributed by atoms with van der Waals surface area (Å²) < 4.78 is 39.8. The molecule has 0 bridgehead atoms. The number of aryl methyl sites for hydroxylation is 1. The molecule has 0 amide bonds. The van der Waals surface area contributed by atoms with Crippen molar-refractivity contribution in [3.63, 3.8) is 0 Å².